The largest absolute Gasteiger partial charge is 0.481 e. The number of carbonyl (C=O) groups is 2. The number of piperidine rings is 1. The van der Waals surface area contributed by atoms with Gasteiger partial charge in [0.2, 0.25) is 0 Å². The van der Waals surface area contributed by atoms with E-state index in [1.165, 1.54) is 5.56 Å². The summed E-state index contributed by atoms with van der Waals surface area (Å²) in [6.45, 7) is 1.64. The number of amides is 2. The van der Waals surface area contributed by atoms with Crippen LogP contribution in [0, 0.1) is 5.92 Å². The Hall–Kier alpha value is -1.75. The van der Waals surface area contributed by atoms with E-state index in [9.17, 15) is 9.59 Å². The van der Waals surface area contributed by atoms with E-state index in [1.54, 1.807) is 4.90 Å². The number of nitrogens with one attached hydrogen (secondary N) is 1. The van der Waals surface area contributed by atoms with Gasteiger partial charge in [0.25, 0.3) is 0 Å². The first-order chi connectivity index (χ1) is 10.6. The third kappa shape index (κ3) is 4.91. The molecule has 2 N–H and O–H groups in total. The topological polar surface area (TPSA) is 69.6 Å². The number of hydrogen-bond acceptors (Lipinski definition) is 2. The quantitative estimate of drug-likeness (QED) is 0.818. The minimum Gasteiger partial charge on any atom is -0.481 e. The fourth-order valence-corrected chi connectivity index (χ4v) is 2.71. The highest BCUT2D eigenvalue weighted by molar-refractivity contribution is 6.30. The van der Waals surface area contributed by atoms with E-state index < -0.39 is 5.97 Å². The third-order valence-corrected chi connectivity index (χ3v) is 4.22. The van der Waals surface area contributed by atoms with Crippen molar-refractivity contribution in [2.75, 3.05) is 19.6 Å². The number of aryl methyl sites for hydroxylation is 1. The van der Waals surface area contributed by atoms with Crippen molar-refractivity contribution in [3.05, 3.63) is 34.9 Å². The molecule has 0 atom stereocenters. The maximum absolute atomic E-state index is 12.0. The molecule has 0 saturated carbocycles. The van der Waals surface area contributed by atoms with Crippen LogP contribution in [0.4, 0.5) is 4.79 Å². The Balaban J connectivity index is 1.64. The van der Waals surface area contributed by atoms with Gasteiger partial charge in [0.15, 0.2) is 0 Å². The van der Waals surface area contributed by atoms with Crippen molar-refractivity contribution in [3.8, 4) is 0 Å². The van der Waals surface area contributed by atoms with Gasteiger partial charge in [-0.15, -0.1) is 0 Å². The van der Waals surface area contributed by atoms with Crippen molar-refractivity contribution in [2.24, 2.45) is 5.92 Å². The van der Waals surface area contributed by atoms with Gasteiger partial charge in [0, 0.05) is 24.7 Å². The van der Waals surface area contributed by atoms with Gasteiger partial charge in [-0.3, -0.25) is 4.79 Å². The van der Waals surface area contributed by atoms with Crippen LogP contribution in [0.3, 0.4) is 0 Å². The summed E-state index contributed by atoms with van der Waals surface area (Å²) < 4.78 is 0. The Kier molecular flexibility index (Phi) is 6.07. The second kappa shape index (κ2) is 8.03. The molecule has 1 aliphatic heterocycles. The van der Waals surface area contributed by atoms with Crippen LogP contribution < -0.4 is 5.32 Å². The van der Waals surface area contributed by atoms with E-state index in [1.807, 2.05) is 24.3 Å². The zero-order valence-electron chi connectivity index (χ0n) is 12.4. The van der Waals surface area contributed by atoms with Gasteiger partial charge < -0.3 is 15.3 Å². The maximum Gasteiger partial charge on any atom is 0.317 e. The number of urea groups is 1. The molecule has 1 aromatic rings. The molecule has 1 aliphatic rings. The number of carboxylic acid groups (broad SMARTS) is 1. The van der Waals surface area contributed by atoms with Gasteiger partial charge >= 0.3 is 12.0 Å². The maximum atomic E-state index is 12.0. The molecular weight excluding hydrogens is 304 g/mol. The minimum absolute atomic E-state index is 0.0973. The van der Waals surface area contributed by atoms with Crippen molar-refractivity contribution in [2.45, 2.75) is 25.7 Å². The van der Waals surface area contributed by atoms with E-state index in [-0.39, 0.29) is 11.9 Å². The summed E-state index contributed by atoms with van der Waals surface area (Å²) in [6, 6.07) is 7.60. The van der Waals surface area contributed by atoms with Crippen molar-refractivity contribution < 1.29 is 14.7 Å². The van der Waals surface area contributed by atoms with Crippen LogP contribution in [0.25, 0.3) is 0 Å². The average molecular weight is 325 g/mol. The Bertz CT molecular complexity index is 511. The number of hydrogen-bond donors (Lipinski definition) is 2. The summed E-state index contributed by atoms with van der Waals surface area (Å²) in [7, 11) is 0. The molecule has 0 radical (unpaired) electrons. The zero-order chi connectivity index (χ0) is 15.9. The number of benzene rings is 1. The van der Waals surface area contributed by atoms with Crippen molar-refractivity contribution in [1.82, 2.24) is 10.2 Å². The van der Waals surface area contributed by atoms with Crippen LogP contribution in [0.5, 0.6) is 0 Å². The average Bonchev–Trinajstić information content (AvgIpc) is 2.53. The van der Waals surface area contributed by atoms with Crippen LogP contribution in [0.2, 0.25) is 5.02 Å². The van der Waals surface area contributed by atoms with Gasteiger partial charge in [0.05, 0.1) is 5.92 Å². The highest BCUT2D eigenvalue weighted by Gasteiger charge is 2.26. The van der Waals surface area contributed by atoms with E-state index in [0.29, 0.717) is 32.5 Å². The summed E-state index contributed by atoms with van der Waals surface area (Å²) in [5, 5.41) is 12.5. The number of halogens is 1. The molecule has 120 valence electrons. The van der Waals surface area contributed by atoms with Crippen molar-refractivity contribution >= 4 is 23.6 Å². The predicted octanol–water partition coefficient (Wildman–Crippen LogP) is 2.78. The van der Waals surface area contributed by atoms with Crippen molar-refractivity contribution in [3.63, 3.8) is 0 Å². The normalized spacial score (nSPS) is 15.6. The highest BCUT2D eigenvalue weighted by atomic mass is 35.5. The first-order valence-corrected chi connectivity index (χ1v) is 7.94. The molecule has 1 saturated heterocycles. The van der Waals surface area contributed by atoms with Gasteiger partial charge in [-0.1, -0.05) is 23.7 Å². The van der Waals surface area contributed by atoms with E-state index in [2.05, 4.69) is 5.32 Å². The second-order valence-electron chi connectivity index (χ2n) is 5.56. The molecule has 0 aliphatic carbocycles. The number of carbonyl (C=O) groups excluding carboxylic acids is 1. The number of aliphatic carboxylic acids is 1. The molecule has 1 fully saturated rings. The van der Waals surface area contributed by atoms with Crippen LogP contribution in [0.1, 0.15) is 24.8 Å². The first-order valence-electron chi connectivity index (χ1n) is 7.56. The Morgan fingerprint density at radius 1 is 1.23 bits per heavy atom. The molecular formula is C16H21ClN2O3. The molecule has 1 aromatic carbocycles. The molecule has 1 heterocycles. The van der Waals surface area contributed by atoms with Crippen molar-refractivity contribution in [1.29, 1.82) is 0 Å². The molecule has 6 heteroatoms. The predicted molar refractivity (Wildman–Crippen MR) is 85.1 cm³/mol. The number of rotatable bonds is 5. The second-order valence-corrected chi connectivity index (χ2v) is 6.00. The summed E-state index contributed by atoms with van der Waals surface area (Å²) in [5.74, 6) is -1.07. The van der Waals surface area contributed by atoms with E-state index >= 15 is 0 Å². The smallest absolute Gasteiger partial charge is 0.317 e. The number of carboxylic acids is 1. The van der Waals surface area contributed by atoms with Crippen LogP contribution >= 0.6 is 11.6 Å². The fourth-order valence-electron chi connectivity index (χ4n) is 2.58. The molecule has 2 rings (SSSR count). The van der Waals surface area contributed by atoms with Crippen LogP contribution in [0.15, 0.2) is 24.3 Å². The molecule has 5 nitrogen and oxygen atoms in total. The van der Waals surface area contributed by atoms with Gasteiger partial charge in [-0.25, -0.2) is 4.79 Å². The minimum atomic E-state index is -0.761. The number of likely N-dealkylation sites (tertiary alicyclic amines) is 1. The Morgan fingerprint density at radius 3 is 2.45 bits per heavy atom. The summed E-state index contributed by atoms with van der Waals surface area (Å²) in [6.07, 6.45) is 2.82. The lowest BCUT2D eigenvalue weighted by Gasteiger charge is -2.30. The van der Waals surface area contributed by atoms with E-state index in [4.69, 9.17) is 16.7 Å². The lowest BCUT2D eigenvalue weighted by molar-refractivity contribution is -0.143. The van der Waals surface area contributed by atoms with Gasteiger partial charge in [-0.2, -0.15) is 0 Å². The lowest BCUT2D eigenvalue weighted by atomic mass is 9.97. The third-order valence-electron chi connectivity index (χ3n) is 3.96. The van der Waals surface area contributed by atoms with Crippen LogP contribution in [-0.4, -0.2) is 41.6 Å². The summed E-state index contributed by atoms with van der Waals surface area (Å²) in [5.41, 5.74) is 1.20. The lowest BCUT2D eigenvalue weighted by Crippen LogP contribution is -2.45. The molecule has 0 unspecified atom stereocenters. The molecule has 0 spiro atoms. The van der Waals surface area contributed by atoms with Crippen LogP contribution in [-0.2, 0) is 11.2 Å². The summed E-state index contributed by atoms with van der Waals surface area (Å²) >= 11 is 5.83. The Labute approximate surface area is 135 Å². The fraction of sp³-hybridized carbons (Fsp3) is 0.500. The monoisotopic (exact) mass is 324 g/mol. The molecule has 0 aromatic heterocycles. The Morgan fingerprint density at radius 2 is 1.86 bits per heavy atom. The number of nitrogens with zero attached hydrogens (tertiary/aromatic N) is 1. The van der Waals surface area contributed by atoms with Gasteiger partial charge in [-0.05, 0) is 43.4 Å². The zero-order valence-corrected chi connectivity index (χ0v) is 13.2. The molecule has 2 amide bonds. The highest BCUT2D eigenvalue weighted by Crippen LogP contribution is 2.17. The van der Waals surface area contributed by atoms with E-state index in [0.717, 1.165) is 17.9 Å². The molecule has 22 heavy (non-hydrogen) atoms. The molecule has 0 bridgehead atoms. The summed E-state index contributed by atoms with van der Waals surface area (Å²) in [4.78, 5) is 24.5. The SMILES string of the molecule is O=C(O)C1CCN(C(=O)NCCCc2ccc(Cl)cc2)CC1. The standard InChI is InChI=1S/C16H21ClN2O3/c17-14-5-3-12(4-6-14)2-1-9-18-16(22)19-10-7-13(8-11-19)15(20)21/h3-6,13H,1-2,7-11H2,(H,18,22)(H,20,21). The van der Waals surface area contributed by atoms with Gasteiger partial charge in [0.1, 0.15) is 0 Å². The first kappa shape index (κ1) is 16.6.